The number of nitrogens with zero attached hydrogens (tertiary/aromatic N) is 4. The van der Waals surface area contributed by atoms with E-state index in [4.69, 9.17) is 22.1 Å². The second-order valence-corrected chi connectivity index (χ2v) is 6.82. The summed E-state index contributed by atoms with van der Waals surface area (Å²) >= 11 is 5.68. The van der Waals surface area contributed by atoms with Gasteiger partial charge in [0.05, 0.1) is 23.4 Å². The number of non-ortho nitro benzene ring substituents is 1. The van der Waals surface area contributed by atoms with E-state index in [-0.39, 0.29) is 30.0 Å². The lowest BCUT2D eigenvalue weighted by Gasteiger charge is -2.09. The summed E-state index contributed by atoms with van der Waals surface area (Å²) in [6.07, 6.45) is 0.726. The van der Waals surface area contributed by atoms with Crippen molar-refractivity contribution in [1.82, 2.24) is 15.3 Å². The molecule has 0 atom stereocenters. The first-order valence-electron chi connectivity index (χ1n) is 9.42. The number of alkyl halides is 1. The molecule has 2 aromatic carbocycles. The van der Waals surface area contributed by atoms with Crippen molar-refractivity contribution in [2.45, 2.75) is 6.42 Å². The second kappa shape index (κ2) is 11.8. The summed E-state index contributed by atoms with van der Waals surface area (Å²) in [7, 11) is 1.59. The number of nitrogens with two attached hydrogens (primary N) is 1. The molecule has 0 radical (unpaired) electrons. The molecule has 0 saturated heterocycles. The summed E-state index contributed by atoms with van der Waals surface area (Å²) in [5.74, 6) is 1.50. The van der Waals surface area contributed by atoms with E-state index in [9.17, 15) is 10.1 Å². The summed E-state index contributed by atoms with van der Waals surface area (Å²) in [4.78, 5) is 23.9. The van der Waals surface area contributed by atoms with Gasteiger partial charge in [-0.05, 0) is 36.8 Å². The highest BCUT2D eigenvalue weighted by molar-refractivity contribution is 6.17. The Hall–Kier alpha value is -3.43. The minimum absolute atomic E-state index is 0. The van der Waals surface area contributed by atoms with Crippen LogP contribution in [0.1, 0.15) is 6.42 Å². The van der Waals surface area contributed by atoms with Crippen LogP contribution >= 0.6 is 24.0 Å². The van der Waals surface area contributed by atoms with Crippen molar-refractivity contribution >= 4 is 41.6 Å². The van der Waals surface area contributed by atoms with Crippen LogP contribution in [0.4, 0.5) is 11.6 Å². The molecule has 3 aromatic rings. The zero-order valence-corrected chi connectivity index (χ0v) is 18.8. The van der Waals surface area contributed by atoms with Crippen LogP contribution in [0.25, 0.3) is 22.5 Å². The number of hydrogen-bond acceptors (Lipinski definition) is 6. The van der Waals surface area contributed by atoms with Crippen LogP contribution in [-0.2, 0) is 0 Å². The van der Waals surface area contributed by atoms with E-state index in [1.807, 2.05) is 24.3 Å². The quantitative estimate of drug-likeness (QED) is 0.124. The molecule has 0 saturated carbocycles. The molecular formula is C21H22Cl2N6O3. The first kappa shape index (κ1) is 24.8. The fraction of sp³-hybridized carbons (Fsp3) is 0.190. The highest BCUT2D eigenvalue weighted by Crippen LogP contribution is 2.29. The van der Waals surface area contributed by atoms with Gasteiger partial charge in [-0.3, -0.25) is 10.1 Å². The number of benzene rings is 2. The van der Waals surface area contributed by atoms with E-state index in [0.717, 1.165) is 12.0 Å². The van der Waals surface area contributed by atoms with Crippen molar-refractivity contribution in [2.75, 3.05) is 19.5 Å². The van der Waals surface area contributed by atoms with Gasteiger partial charge in [0.15, 0.2) is 5.96 Å². The van der Waals surface area contributed by atoms with E-state index in [0.29, 0.717) is 35.1 Å². The number of nitro benzene ring substituents is 1. The molecule has 11 heteroatoms. The van der Waals surface area contributed by atoms with Crippen LogP contribution in [0.15, 0.2) is 59.6 Å². The Morgan fingerprint density at radius 3 is 2.47 bits per heavy atom. The highest BCUT2D eigenvalue weighted by Gasteiger charge is 2.12. The summed E-state index contributed by atoms with van der Waals surface area (Å²) in [6.45, 7) is 0.564. The van der Waals surface area contributed by atoms with Gasteiger partial charge < -0.3 is 15.8 Å². The Morgan fingerprint density at radius 2 is 1.84 bits per heavy atom. The van der Waals surface area contributed by atoms with E-state index >= 15 is 0 Å². The van der Waals surface area contributed by atoms with Crippen molar-refractivity contribution in [3.8, 4) is 28.3 Å². The minimum Gasteiger partial charge on any atom is -0.497 e. The summed E-state index contributed by atoms with van der Waals surface area (Å²) in [6, 6.07) is 15.3. The van der Waals surface area contributed by atoms with Crippen molar-refractivity contribution < 1.29 is 9.66 Å². The number of halogens is 2. The predicted molar refractivity (Wildman–Crippen MR) is 128 cm³/mol. The van der Waals surface area contributed by atoms with Gasteiger partial charge >= 0.3 is 0 Å². The van der Waals surface area contributed by atoms with Gasteiger partial charge in [0.25, 0.3) is 11.6 Å². The van der Waals surface area contributed by atoms with Crippen molar-refractivity contribution in [1.29, 1.82) is 0 Å². The fourth-order valence-corrected chi connectivity index (χ4v) is 2.89. The smallest absolute Gasteiger partial charge is 0.270 e. The maximum absolute atomic E-state index is 11.2. The van der Waals surface area contributed by atoms with Crippen molar-refractivity contribution in [3.05, 3.63) is 64.7 Å². The van der Waals surface area contributed by atoms with Crippen LogP contribution in [0.3, 0.4) is 0 Å². The molecule has 3 rings (SSSR count). The van der Waals surface area contributed by atoms with Crippen LogP contribution in [0.5, 0.6) is 5.75 Å². The number of nitrogens with one attached hydrogen (secondary N) is 1. The molecule has 3 N–H and O–H groups in total. The number of rotatable bonds is 8. The van der Waals surface area contributed by atoms with Gasteiger partial charge in [-0.25, -0.2) is 9.97 Å². The number of aliphatic imine (C=N–C) groups is 1. The minimum atomic E-state index is -0.451. The Balaban J connectivity index is 0.00000363. The number of ether oxygens (including phenoxy) is 1. The zero-order chi connectivity index (χ0) is 22.2. The normalized spacial score (nSPS) is 10.9. The number of methoxy groups -OCH3 is 1. The molecule has 1 aromatic heterocycles. The van der Waals surface area contributed by atoms with Gasteiger partial charge in [-0.1, -0.05) is 12.1 Å². The summed E-state index contributed by atoms with van der Waals surface area (Å²) in [5.41, 5.74) is 8.35. The third kappa shape index (κ3) is 6.53. The van der Waals surface area contributed by atoms with E-state index < -0.39 is 4.92 Å². The first-order valence-corrected chi connectivity index (χ1v) is 9.96. The molecule has 32 heavy (non-hydrogen) atoms. The Bertz CT molecular complexity index is 1090. The number of hydrogen-bond donors (Lipinski definition) is 2. The third-order valence-electron chi connectivity index (χ3n) is 4.29. The maximum atomic E-state index is 11.2. The van der Waals surface area contributed by atoms with Gasteiger partial charge in [-0.2, -0.15) is 4.99 Å². The van der Waals surface area contributed by atoms with Gasteiger partial charge in [0.2, 0.25) is 0 Å². The zero-order valence-electron chi connectivity index (χ0n) is 17.2. The molecule has 0 aliphatic rings. The monoisotopic (exact) mass is 476 g/mol. The van der Waals surface area contributed by atoms with Crippen molar-refractivity contribution in [2.24, 2.45) is 10.7 Å². The number of aromatic nitrogens is 2. The molecule has 0 aliphatic carbocycles. The number of nitro groups is 1. The highest BCUT2D eigenvalue weighted by atomic mass is 35.5. The fourth-order valence-electron chi connectivity index (χ4n) is 2.75. The molecule has 168 valence electrons. The molecule has 9 nitrogen and oxygen atoms in total. The van der Waals surface area contributed by atoms with E-state index in [1.54, 1.807) is 25.3 Å². The van der Waals surface area contributed by atoms with Crippen molar-refractivity contribution in [3.63, 3.8) is 0 Å². The molecule has 0 fully saturated rings. The second-order valence-electron chi connectivity index (χ2n) is 6.44. The maximum Gasteiger partial charge on any atom is 0.270 e. The standard InChI is InChI=1S/C21H21ClN6O3.ClH/c1-31-17-8-6-14(7-9-17)18-13-19(15-4-2-5-16(12-15)28(29)30)26-21(25-18)27-20(23)24-11-3-10-22;/h2,4-9,12-13H,3,10-11H2,1H3,(H3,23,24,25,26,27);1H. The van der Waals surface area contributed by atoms with Gasteiger partial charge in [-0.15, -0.1) is 24.0 Å². The Labute approximate surface area is 196 Å². The molecule has 0 unspecified atom stereocenters. The SMILES string of the molecule is COc1ccc(-c2cc(-c3cccc([N+](=O)[O-])c3)nc(N=C(N)NCCCCl)n2)cc1.Cl. The van der Waals surface area contributed by atoms with E-state index in [2.05, 4.69) is 20.3 Å². The topological polar surface area (TPSA) is 129 Å². The Kier molecular flexibility index (Phi) is 9.18. The largest absolute Gasteiger partial charge is 0.497 e. The molecular weight excluding hydrogens is 455 g/mol. The van der Waals surface area contributed by atoms with Crippen LogP contribution < -0.4 is 15.8 Å². The predicted octanol–water partition coefficient (Wildman–Crippen LogP) is 4.31. The number of guanidine groups is 1. The van der Waals surface area contributed by atoms with Crippen LogP contribution in [-0.4, -0.2) is 40.4 Å². The average Bonchev–Trinajstić information content (AvgIpc) is 2.79. The molecule has 0 spiro atoms. The third-order valence-corrected chi connectivity index (χ3v) is 4.56. The van der Waals surface area contributed by atoms with Crippen LogP contribution in [0, 0.1) is 10.1 Å². The lowest BCUT2D eigenvalue weighted by atomic mass is 10.1. The van der Waals surface area contributed by atoms with Crippen LogP contribution in [0.2, 0.25) is 0 Å². The Morgan fingerprint density at radius 1 is 1.16 bits per heavy atom. The molecule has 0 amide bonds. The van der Waals surface area contributed by atoms with Gasteiger partial charge in [0, 0.05) is 35.7 Å². The summed E-state index contributed by atoms with van der Waals surface area (Å²) in [5, 5.41) is 14.1. The molecule has 0 aliphatic heterocycles. The van der Waals surface area contributed by atoms with E-state index in [1.165, 1.54) is 12.1 Å². The first-order chi connectivity index (χ1) is 15.0. The lowest BCUT2D eigenvalue weighted by Crippen LogP contribution is -2.32. The lowest BCUT2D eigenvalue weighted by molar-refractivity contribution is -0.384. The molecule has 1 heterocycles. The summed E-state index contributed by atoms with van der Waals surface area (Å²) < 4.78 is 5.20. The van der Waals surface area contributed by atoms with Gasteiger partial charge in [0.1, 0.15) is 5.75 Å². The average molecular weight is 477 g/mol. The molecule has 0 bridgehead atoms.